The number of para-hydroxylation sites is 1. The monoisotopic (exact) mass is 197 g/mol. The predicted octanol–water partition coefficient (Wildman–Crippen LogP) is 3.22. The number of rotatable bonds is 0. The summed E-state index contributed by atoms with van der Waals surface area (Å²) in [6, 6.07) is 4.56. The first-order valence-electron chi connectivity index (χ1n) is 4.83. The Morgan fingerprint density at radius 2 is 2.21 bits per heavy atom. The van der Waals surface area contributed by atoms with Crippen LogP contribution in [-0.4, -0.2) is 6.54 Å². The molecule has 0 radical (unpaired) electrons. The quantitative estimate of drug-likeness (QED) is 0.673. The van der Waals surface area contributed by atoms with Gasteiger partial charge in [0.05, 0.1) is 5.69 Å². The zero-order chi connectivity index (χ0) is 10.2. The van der Waals surface area contributed by atoms with Crippen LogP contribution >= 0.6 is 0 Å². The third-order valence-electron chi connectivity index (χ3n) is 2.70. The second kappa shape index (κ2) is 3.23. The zero-order valence-electron chi connectivity index (χ0n) is 8.11. The van der Waals surface area contributed by atoms with Gasteiger partial charge < -0.3 is 5.32 Å². The van der Waals surface area contributed by atoms with Gasteiger partial charge in [0.1, 0.15) is 11.5 Å². The molecular weight excluding hydrogens is 184 g/mol. The molecule has 0 saturated carbocycles. The molecule has 14 heavy (non-hydrogen) atoms. The summed E-state index contributed by atoms with van der Waals surface area (Å²) >= 11 is 0. The number of halogens is 2. The Kier molecular flexibility index (Phi) is 2.17. The highest BCUT2D eigenvalue weighted by atomic mass is 19.1. The Hall–Kier alpha value is -1.12. The van der Waals surface area contributed by atoms with Crippen molar-refractivity contribution in [2.24, 2.45) is 0 Å². The molecule has 0 amide bonds. The molecule has 1 N–H and O–H groups in total. The molecule has 1 aliphatic heterocycles. The number of fused-ring (bicyclic) bond motifs is 1. The van der Waals surface area contributed by atoms with Crippen LogP contribution in [0.25, 0.3) is 0 Å². The topological polar surface area (TPSA) is 12.0 Å². The Balaban J connectivity index is 2.56. The van der Waals surface area contributed by atoms with Gasteiger partial charge in [0.15, 0.2) is 0 Å². The van der Waals surface area contributed by atoms with Crippen molar-refractivity contribution in [1.29, 1.82) is 0 Å². The van der Waals surface area contributed by atoms with E-state index < -0.39 is 5.67 Å². The Labute approximate surface area is 82.1 Å². The molecule has 0 bridgehead atoms. The molecular formula is C11H13F2N. The van der Waals surface area contributed by atoms with Gasteiger partial charge in [-0.2, -0.15) is 0 Å². The van der Waals surface area contributed by atoms with E-state index in [-0.39, 0.29) is 5.82 Å². The van der Waals surface area contributed by atoms with Crippen LogP contribution in [0.4, 0.5) is 14.5 Å². The van der Waals surface area contributed by atoms with Gasteiger partial charge in [0, 0.05) is 12.1 Å². The first-order chi connectivity index (χ1) is 6.61. The van der Waals surface area contributed by atoms with E-state index >= 15 is 0 Å². The van der Waals surface area contributed by atoms with Gasteiger partial charge in [-0.3, -0.25) is 0 Å². The third-order valence-corrected chi connectivity index (χ3v) is 2.70. The molecule has 0 spiro atoms. The lowest BCUT2D eigenvalue weighted by Crippen LogP contribution is -2.14. The molecule has 3 heteroatoms. The van der Waals surface area contributed by atoms with Crippen LogP contribution in [0.1, 0.15) is 25.3 Å². The van der Waals surface area contributed by atoms with Crippen LogP contribution in [0.3, 0.4) is 0 Å². The van der Waals surface area contributed by atoms with Crippen LogP contribution in [0.5, 0.6) is 0 Å². The van der Waals surface area contributed by atoms with E-state index in [9.17, 15) is 8.78 Å². The summed E-state index contributed by atoms with van der Waals surface area (Å²) in [6.07, 6.45) is 1.16. The van der Waals surface area contributed by atoms with Crippen LogP contribution in [0, 0.1) is 5.82 Å². The van der Waals surface area contributed by atoms with Crippen molar-refractivity contribution in [2.45, 2.75) is 25.4 Å². The van der Waals surface area contributed by atoms with E-state index in [2.05, 4.69) is 5.32 Å². The van der Waals surface area contributed by atoms with Gasteiger partial charge in [-0.25, -0.2) is 8.78 Å². The van der Waals surface area contributed by atoms with Gasteiger partial charge in [-0.1, -0.05) is 12.1 Å². The molecule has 0 fully saturated rings. The lowest BCUT2D eigenvalue weighted by atomic mass is 9.93. The van der Waals surface area contributed by atoms with Crippen molar-refractivity contribution in [3.05, 3.63) is 29.6 Å². The highest BCUT2D eigenvalue weighted by molar-refractivity contribution is 5.55. The van der Waals surface area contributed by atoms with Gasteiger partial charge in [0.2, 0.25) is 0 Å². The Morgan fingerprint density at radius 3 is 3.00 bits per heavy atom. The van der Waals surface area contributed by atoms with E-state index in [1.807, 2.05) is 0 Å². The maximum atomic E-state index is 14.1. The molecule has 0 aromatic heterocycles. The summed E-state index contributed by atoms with van der Waals surface area (Å²) in [7, 11) is 0. The summed E-state index contributed by atoms with van der Waals surface area (Å²) < 4.78 is 27.5. The van der Waals surface area contributed by atoms with E-state index in [0.717, 1.165) is 6.42 Å². The fourth-order valence-electron chi connectivity index (χ4n) is 1.91. The summed E-state index contributed by atoms with van der Waals surface area (Å²) in [5.41, 5.74) is -0.647. The van der Waals surface area contributed by atoms with Gasteiger partial charge in [-0.15, -0.1) is 0 Å². The van der Waals surface area contributed by atoms with Crippen molar-refractivity contribution < 1.29 is 8.78 Å². The van der Waals surface area contributed by atoms with Crippen molar-refractivity contribution in [2.75, 3.05) is 11.9 Å². The normalized spacial score (nSPS) is 26.2. The molecule has 0 aliphatic carbocycles. The fraction of sp³-hybridized carbons (Fsp3) is 0.455. The van der Waals surface area contributed by atoms with Crippen molar-refractivity contribution in [3.8, 4) is 0 Å². The zero-order valence-corrected chi connectivity index (χ0v) is 8.11. The number of alkyl halides is 1. The summed E-state index contributed by atoms with van der Waals surface area (Å²) in [6.45, 7) is 2.14. The van der Waals surface area contributed by atoms with E-state index in [1.54, 1.807) is 12.1 Å². The summed E-state index contributed by atoms with van der Waals surface area (Å²) in [4.78, 5) is 0. The molecule has 1 nitrogen and oxygen atoms in total. The minimum absolute atomic E-state index is 0.329. The second-order valence-electron chi connectivity index (χ2n) is 3.89. The Morgan fingerprint density at radius 1 is 1.43 bits per heavy atom. The average Bonchev–Trinajstić information content (AvgIpc) is 2.27. The largest absolute Gasteiger partial charge is 0.382 e. The summed E-state index contributed by atoms with van der Waals surface area (Å²) in [5, 5.41) is 2.93. The molecule has 1 unspecified atom stereocenters. The van der Waals surface area contributed by atoms with Gasteiger partial charge >= 0.3 is 0 Å². The van der Waals surface area contributed by atoms with E-state index in [0.29, 0.717) is 24.2 Å². The molecule has 1 aromatic carbocycles. The van der Waals surface area contributed by atoms with Gasteiger partial charge in [-0.05, 0) is 25.8 Å². The van der Waals surface area contributed by atoms with Gasteiger partial charge in [0.25, 0.3) is 0 Å². The number of hydrogen-bond acceptors (Lipinski definition) is 1. The lowest BCUT2D eigenvalue weighted by molar-refractivity contribution is 0.178. The maximum absolute atomic E-state index is 14.1. The van der Waals surface area contributed by atoms with Crippen LogP contribution in [0.2, 0.25) is 0 Å². The van der Waals surface area contributed by atoms with Crippen molar-refractivity contribution in [3.63, 3.8) is 0 Å². The minimum Gasteiger partial charge on any atom is -0.382 e. The van der Waals surface area contributed by atoms with Crippen LogP contribution in [0.15, 0.2) is 18.2 Å². The molecule has 1 aliphatic rings. The standard InChI is InChI=1S/C11H13F2N/c1-11(13)6-3-7-14-10-8(11)4-2-5-9(10)12/h2,4-5,14H,3,6-7H2,1H3. The van der Waals surface area contributed by atoms with Crippen molar-refractivity contribution in [1.82, 2.24) is 0 Å². The lowest BCUT2D eigenvalue weighted by Gasteiger charge is -2.20. The number of anilines is 1. The Bertz CT molecular complexity index is 347. The number of hydrogen-bond donors (Lipinski definition) is 1. The smallest absolute Gasteiger partial charge is 0.146 e. The molecule has 1 aromatic rings. The van der Waals surface area contributed by atoms with E-state index in [4.69, 9.17) is 0 Å². The van der Waals surface area contributed by atoms with Crippen LogP contribution < -0.4 is 5.32 Å². The predicted molar refractivity (Wildman–Crippen MR) is 52.6 cm³/mol. The summed E-state index contributed by atoms with van der Waals surface area (Å²) in [5.74, 6) is -0.367. The number of benzene rings is 1. The highest BCUT2D eigenvalue weighted by Gasteiger charge is 2.31. The third kappa shape index (κ3) is 1.47. The number of nitrogens with one attached hydrogen (secondary N) is 1. The first-order valence-corrected chi connectivity index (χ1v) is 4.83. The molecule has 2 rings (SSSR count). The second-order valence-corrected chi connectivity index (χ2v) is 3.89. The molecule has 1 atom stereocenters. The highest BCUT2D eigenvalue weighted by Crippen LogP contribution is 2.38. The first kappa shape index (κ1) is 9.44. The fourth-order valence-corrected chi connectivity index (χ4v) is 1.91. The van der Waals surface area contributed by atoms with E-state index in [1.165, 1.54) is 13.0 Å². The molecule has 76 valence electrons. The molecule has 1 heterocycles. The van der Waals surface area contributed by atoms with Crippen molar-refractivity contribution >= 4 is 5.69 Å². The minimum atomic E-state index is -1.42. The average molecular weight is 197 g/mol. The molecule has 0 saturated heterocycles. The maximum Gasteiger partial charge on any atom is 0.146 e. The SMILES string of the molecule is CC1(F)CCCNc2c(F)cccc21. The van der Waals surface area contributed by atoms with Crippen LogP contribution in [-0.2, 0) is 5.67 Å².